The number of methoxy groups -OCH3 is 3. The Morgan fingerprint density at radius 3 is 2.38 bits per heavy atom. The molecule has 2 aromatic heterocycles. The molecule has 2 N–H and O–H groups in total. The third-order valence-corrected chi connectivity index (χ3v) is 3.66. The normalized spacial score (nSPS) is 10.2. The first-order valence-corrected chi connectivity index (χ1v) is 8.89. The van der Waals surface area contributed by atoms with Crippen molar-refractivity contribution in [3.05, 3.63) is 47.9 Å². The second-order valence-corrected chi connectivity index (χ2v) is 5.30. The number of rotatable bonds is 7. The summed E-state index contributed by atoms with van der Waals surface area (Å²) in [6.07, 6.45) is 3.00. The quantitative estimate of drug-likeness (QED) is 0.464. The highest BCUT2D eigenvalue weighted by Crippen LogP contribution is 2.37. The Kier molecular flexibility index (Phi) is 7.84. The van der Waals surface area contributed by atoms with Crippen molar-refractivity contribution in [3.8, 4) is 28.7 Å². The van der Waals surface area contributed by atoms with Gasteiger partial charge in [0.25, 0.3) is 5.91 Å². The van der Waals surface area contributed by atoms with Gasteiger partial charge >= 0.3 is 0 Å². The number of carbonyl (C=O) groups excluding carboxylic acids is 1. The summed E-state index contributed by atoms with van der Waals surface area (Å²) in [5, 5.41) is 10.6. The molecule has 0 aliphatic heterocycles. The Morgan fingerprint density at radius 2 is 1.83 bits per heavy atom. The van der Waals surface area contributed by atoms with E-state index in [-0.39, 0.29) is 5.69 Å². The summed E-state index contributed by atoms with van der Waals surface area (Å²) in [5.74, 6) is 1.57. The molecule has 0 atom stereocenters. The van der Waals surface area contributed by atoms with E-state index in [9.17, 15) is 4.79 Å². The summed E-state index contributed by atoms with van der Waals surface area (Å²) >= 11 is 0. The van der Waals surface area contributed by atoms with Crippen molar-refractivity contribution in [1.29, 1.82) is 0 Å². The number of hydrogen-bond acceptors (Lipinski definition) is 7. The summed E-state index contributed by atoms with van der Waals surface area (Å²) < 4.78 is 21.1. The van der Waals surface area contributed by atoms with E-state index < -0.39 is 5.91 Å². The largest absolute Gasteiger partial charge is 0.493 e. The molecule has 0 aliphatic carbocycles. The van der Waals surface area contributed by atoms with Crippen LogP contribution >= 0.6 is 0 Å². The second-order valence-electron chi connectivity index (χ2n) is 5.30. The van der Waals surface area contributed by atoms with Gasteiger partial charge in [0.15, 0.2) is 23.0 Å². The first-order valence-electron chi connectivity index (χ1n) is 8.89. The Balaban J connectivity index is 0.00000145. The molecule has 1 amide bonds. The highest BCUT2D eigenvalue weighted by atomic mass is 16.5. The number of aromatic nitrogens is 2. The highest BCUT2D eigenvalue weighted by molar-refractivity contribution is 5.94. The van der Waals surface area contributed by atoms with Gasteiger partial charge in [-0.15, -0.1) is 0 Å². The Hall–Kier alpha value is -3.75. The van der Waals surface area contributed by atoms with E-state index >= 15 is 0 Å². The predicted octanol–water partition coefficient (Wildman–Crippen LogP) is 3.49. The number of carbonyl (C=O) groups is 1. The molecule has 0 saturated carbocycles. The third kappa shape index (κ3) is 5.16. The van der Waals surface area contributed by atoms with Crippen molar-refractivity contribution in [2.75, 3.05) is 21.3 Å². The van der Waals surface area contributed by atoms with Crippen molar-refractivity contribution in [1.82, 2.24) is 15.6 Å². The minimum Gasteiger partial charge on any atom is -0.493 e. The SMILES string of the molecule is CC.COc1cc(/C=N/NC(=O)c2cc(-c3ccco3)[nH]n2)cc(OC)c1OC. The summed E-state index contributed by atoms with van der Waals surface area (Å²) in [4.78, 5) is 12.2. The van der Waals surface area contributed by atoms with Crippen LogP contribution in [-0.4, -0.2) is 43.6 Å². The van der Waals surface area contributed by atoms with Crippen LogP contribution < -0.4 is 19.6 Å². The van der Waals surface area contributed by atoms with E-state index in [1.165, 1.54) is 33.8 Å². The van der Waals surface area contributed by atoms with Gasteiger partial charge in [-0.2, -0.15) is 10.2 Å². The zero-order valence-electron chi connectivity index (χ0n) is 17.0. The number of aromatic amines is 1. The number of hydrogen-bond donors (Lipinski definition) is 2. The number of furan rings is 1. The fourth-order valence-electron chi connectivity index (χ4n) is 2.39. The van der Waals surface area contributed by atoms with Crippen molar-refractivity contribution in [2.24, 2.45) is 5.10 Å². The van der Waals surface area contributed by atoms with Gasteiger partial charge in [0.05, 0.1) is 33.8 Å². The molecular formula is C20H24N4O5. The standard InChI is InChI=1S/C18H18N4O5.C2H6/c1-24-15-7-11(8-16(25-2)17(15)26-3)10-19-22-18(23)13-9-12(20-21-13)14-5-4-6-27-14;1-2/h4-10H,1-3H3,(H,20,21)(H,22,23);1-2H3/b19-10+;. The lowest BCUT2D eigenvalue weighted by Gasteiger charge is -2.12. The van der Waals surface area contributed by atoms with E-state index in [0.717, 1.165) is 0 Å². The van der Waals surface area contributed by atoms with Crippen molar-refractivity contribution in [3.63, 3.8) is 0 Å². The van der Waals surface area contributed by atoms with Crippen molar-refractivity contribution < 1.29 is 23.4 Å². The zero-order valence-corrected chi connectivity index (χ0v) is 17.0. The van der Waals surface area contributed by atoms with Crippen LogP contribution in [0.1, 0.15) is 29.9 Å². The summed E-state index contributed by atoms with van der Waals surface area (Å²) in [5.41, 5.74) is 3.85. The van der Waals surface area contributed by atoms with E-state index in [1.54, 1.807) is 30.3 Å². The number of benzene rings is 1. The maximum absolute atomic E-state index is 12.2. The molecule has 0 fully saturated rings. The Bertz CT molecular complexity index is 923. The van der Waals surface area contributed by atoms with E-state index in [4.69, 9.17) is 18.6 Å². The van der Waals surface area contributed by atoms with Crippen LogP contribution in [-0.2, 0) is 0 Å². The highest BCUT2D eigenvalue weighted by Gasteiger charge is 2.13. The first-order chi connectivity index (χ1) is 14.2. The number of H-pyrrole nitrogens is 1. The fraction of sp³-hybridized carbons (Fsp3) is 0.250. The molecule has 0 saturated heterocycles. The van der Waals surface area contributed by atoms with Crippen LogP contribution in [0.5, 0.6) is 17.2 Å². The molecule has 9 nitrogen and oxygen atoms in total. The van der Waals surface area contributed by atoms with Crippen LogP contribution in [0, 0.1) is 0 Å². The predicted molar refractivity (Wildman–Crippen MR) is 109 cm³/mol. The first kappa shape index (κ1) is 21.5. The minimum absolute atomic E-state index is 0.184. The topological polar surface area (TPSA) is 111 Å². The lowest BCUT2D eigenvalue weighted by atomic mass is 10.2. The number of amides is 1. The smallest absolute Gasteiger partial charge is 0.291 e. The van der Waals surface area contributed by atoms with Gasteiger partial charge in [-0.25, -0.2) is 5.43 Å². The number of nitrogens with one attached hydrogen (secondary N) is 2. The van der Waals surface area contributed by atoms with Crippen LogP contribution in [0.3, 0.4) is 0 Å². The van der Waals surface area contributed by atoms with Gasteiger partial charge in [0.2, 0.25) is 5.75 Å². The van der Waals surface area contributed by atoms with E-state index in [2.05, 4.69) is 20.7 Å². The van der Waals surface area contributed by atoms with Crippen molar-refractivity contribution >= 4 is 12.1 Å². The number of ether oxygens (including phenoxy) is 3. The minimum atomic E-state index is -0.465. The average molecular weight is 400 g/mol. The molecule has 0 bridgehead atoms. The lowest BCUT2D eigenvalue weighted by Crippen LogP contribution is -2.18. The third-order valence-electron chi connectivity index (χ3n) is 3.66. The van der Waals surface area contributed by atoms with Gasteiger partial charge in [-0.1, -0.05) is 13.8 Å². The lowest BCUT2D eigenvalue weighted by molar-refractivity contribution is 0.0950. The molecule has 0 aliphatic rings. The molecule has 0 radical (unpaired) electrons. The molecule has 0 unspecified atom stereocenters. The van der Waals surface area contributed by atoms with Crippen molar-refractivity contribution in [2.45, 2.75) is 13.8 Å². The molecule has 3 aromatic rings. The van der Waals surface area contributed by atoms with Crippen LogP contribution in [0.4, 0.5) is 0 Å². The summed E-state index contributed by atoms with van der Waals surface area (Å²) in [6.45, 7) is 4.00. The van der Waals surface area contributed by atoms with Gasteiger partial charge < -0.3 is 18.6 Å². The van der Waals surface area contributed by atoms with E-state index in [0.29, 0.717) is 34.3 Å². The van der Waals surface area contributed by atoms with Gasteiger partial charge in [0, 0.05) is 11.6 Å². The molecule has 0 spiro atoms. The molecule has 9 heteroatoms. The van der Waals surface area contributed by atoms with Crippen LogP contribution in [0.15, 0.2) is 46.1 Å². The fourth-order valence-corrected chi connectivity index (χ4v) is 2.39. The van der Waals surface area contributed by atoms with Gasteiger partial charge in [-0.05, 0) is 24.3 Å². The van der Waals surface area contributed by atoms with Gasteiger partial charge in [-0.3, -0.25) is 9.89 Å². The maximum atomic E-state index is 12.2. The van der Waals surface area contributed by atoms with E-state index in [1.807, 2.05) is 13.8 Å². The average Bonchev–Trinajstić information content (AvgIpc) is 3.46. The Morgan fingerprint density at radius 1 is 1.14 bits per heavy atom. The van der Waals surface area contributed by atoms with Gasteiger partial charge in [0.1, 0.15) is 5.69 Å². The molecule has 29 heavy (non-hydrogen) atoms. The monoisotopic (exact) mass is 400 g/mol. The number of hydrazone groups is 1. The Labute approximate surface area is 168 Å². The maximum Gasteiger partial charge on any atom is 0.291 e. The molecule has 3 rings (SSSR count). The molecule has 2 heterocycles. The number of nitrogens with zero attached hydrogens (tertiary/aromatic N) is 2. The zero-order chi connectivity index (χ0) is 21.2. The van der Waals surface area contributed by atoms with Crippen LogP contribution in [0.25, 0.3) is 11.5 Å². The van der Waals surface area contributed by atoms with Crippen LogP contribution in [0.2, 0.25) is 0 Å². The molecule has 1 aromatic carbocycles. The second kappa shape index (κ2) is 10.5. The summed E-state index contributed by atoms with van der Waals surface area (Å²) in [6, 6.07) is 8.50. The molecule has 154 valence electrons. The summed E-state index contributed by atoms with van der Waals surface area (Å²) in [7, 11) is 4.57. The molecular weight excluding hydrogens is 376 g/mol.